The number of nitrogens with one attached hydrogen (secondary N) is 1. The number of carbonyl (C=O) groups is 1. The van der Waals surface area contributed by atoms with Crippen molar-refractivity contribution in [3.05, 3.63) is 64.4 Å². The van der Waals surface area contributed by atoms with E-state index in [2.05, 4.69) is 26.1 Å². The molecule has 2 aromatic rings. The smallest absolute Gasteiger partial charge is 0.252 e. The first-order valence-corrected chi connectivity index (χ1v) is 8.46. The van der Waals surface area contributed by atoms with Gasteiger partial charge in [-0.1, -0.05) is 12.1 Å². The summed E-state index contributed by atoms with van der Waals surface area (Å²) in [5, 5.41) is 3.01. The number of anilines is 1. The Labute approximate surface area is 143 Å². The second-order valence-electron chi connectivity index (χ2n) is 5.77. The molecule has 1 amide bonds. The maximum atomic E-state index is 13.0. The molecule has 0 aliphatic carbocycles. The predicted molar refractivity (Wildman–Crippen MR) is 93.2 cm³/mol. The molecule has 0 aromatic heterocycles. The minimum Gasteiger partial charge on any atom is -0.371 e. The van der Waals surface area contributed by atoms with E-state index in [0.717, 1.165) is 29.7 Å². The molecule has 2 aromatic carbocycles. The number of hydrogen-bond donors (Lipinski definition) is 1. The van der Waals surface area contributed by atoms with Crippen molar-refractivity contribution >= 4 is 27.5 Å². The highest BCUT2D eigenvalue weighted by Crippen LogP contribution is 2.24. The molecule has 23 heavy (non-hydrogen) atoms. The molecule has 1 aliphatic heterocycles. The van der Waals surface area contributed by atoms with Crippen LogP contribution in [-0.2, 0) is 0 Å². The summed E-state index contributed by atoms with van der Waals surface area (Å²) in [4.78, 5) is 14.4. The number of amides is 1. The number of carbonyl (C=O) groups excluding carboxylic acids is 1. The molecular weight excluding hydrogens is 359 g/mol. The molecule has 0 radical (unpaired) electrons. The molecular formula is C18H18BrFN2O. The summed E-state index contributed by atoms with van der Waals surface area (Å²) in [6.45, 7) is 2.46. The Morgan fingerprint density at radius 1 is 1.22 bits per heavy atom. The van der Waals surface area contributed by atoms with Gasteiger partial charge in [-0.15, -0.1) is 0 Å². The molecule has 1 unspecified atom stereocenters. The lowest BCUT2D eigenvalue weighted by Gasteiger charge is -2.19. The summed E-state index contributed by atoms with van der Waals surface area (Å²) in [7, 11) is 0. The monoisotopic (exact) mass is 376 g/mol. The van der Waals surface area contributed by atoms with Crippen molar-refractivity contribution in [2.45, 2.75) is 6.42 Å². The topological polar surface area (TPSA) is 32.3 Å². The van der Waals surface area contributed by atoms with E-state index < -0.39 is 0 Å². The molecule has 0 bridgehead atoms. The predicted octanol–water partition coefficient (Wildman–Crippen LogP) is 3.84. The highest BCUT2D eigenvalue weighted by atomic mass is 79.9. The van der Waals surface area contributed by atoms with Crippen LogP contribution in [0.2, 0.25) is 0 Å². The fourth-order valence-electron chi connectivity index (χ4n) is 2.86. The first kappa shape index (κ1) is 16.0. The van der Waals surface area contributed by atoms with Crippen molar-refractivity contribution in [1.82, 2.24) is 5.32 Å². The van der Waals surface area contributed by atoms with Gasteiger partial charge in [0, 0.05) is 29.8 Å². The van der Waals surface area contributed by atoms with Gasteiger partial charge in [0.2, 0.25) is 0 Å². The second kappa shape index (κ2) is 7.13. The number of halogens is 2. The Morgan fingerprint density at radius 3 is 2.70 bits per heavy atom. The van der Waals surface area contributed by atoms with E-state index in [0.29, 0.717) is 18.0 Å². The van der Waals surface area contributed by atoms with Gasteiger partial charge in [-0.2, -0.15) is 0 Å². The number of rotatable bonds is 4. The van der Waals surface area contributed by atoms with E-state index in [4.69, 9.17) is 0 Å². The fourth-order valence-corrected chi connectivity index (χ4v) is 3.33. The number of hydrogen-bond acceptors (Lipinski definition) is 2. The zero-order valence-electron chi connectivity index (χ0n) is 12.6. The molecule has 0 saturated carbocycles. The van der Waals surface area contributed by atoms with Crippen LogP contribution in [0.15, 0.2) is 53.0 Å². The second-order valence-corrected chi connectivity index (χ2v) is 6.62. The van der Waals surface area contributed by atoms with E-state index in [1.54, 1.807) is 18.2 Å². The lowest BCUT2D eigenvalue weighted by Crippen LogP contribution is -2.31. The van der Waals surface area contributed by atoms with Gasteiger partial charge >= 0.3 is 0 Å². The zero-order chi connectivity index (χ0) is 16.2. The standard InChI is InChI=1S/C18H18BrFN2O/c19-17-4-2-1-3-16(17)18(23)21-11-13-9-10-22(12-13)15-7-5-14(20)6-8-15/h1-8,13H,9-12H2,(H,21,23). The Kier molecular flexibility index (Phi) is 4.96. The molecule has 1 atom stereocenters. The molecule has 1 N–H and O–H groups in total. The van der Waals surface area contributed by atoms with E-state index in [-0.39, 0.29) is 11.7 Å². The summed E-state index contributed by atoms with van der Waals surface area (Å²) < 4.78 is 13.8. The van der Waals surface area contributed by atoms with Gasteiger partial charge < -0.3 is 10.2 Å². The van der Waals surface area contributed by atoms with E-state index in [1.165, 1.54) is 12.1 Å². The average molecular weight is 377 g/mol. The Bertz CT molecular complexity index is 690. The van der Waals surface area contributed by atoms with Crippen LogP contribution in [0.3, 0.4) is 0 Å². The Balaban J connectivity index is 1.53. The van der Waals surface area contributed by atoms with Gasteiger partial charge in [-0.05, 0) is 64.7 Å². The zero-order valence-corrected chi connectivity index (χ0v) is 14.2. The maximum Gasteiger partial charge on any atom is 0.252 e. The van der Waals surface area contributed by atoms with Crippen molar-refractivity contribution in [2.24, 2.45) is 5.92 Å². The molecule has 1 saturated heterocycles. The average Bonchev–Trinajstić information content (AvgIpc) is 3.03. The number of nitrogens with zero attached hydrogens (tertiary/aromatic N) is 1. The molecule has 1 fully saturated rings. The van der Waals surface area contributed by atoms with Gasteiger partial charge in [-0.3, -0.25) is 4.79 Å². The minimum absolute atomic E-state index is 0.0577. The third-order valence-electron chi connectivity index (χ3n) is 4.15. The largest absolute Gasteiger partial charge is 0.371 e. The molecule has 3 nitrogen and oxygen atoms in total. The maximum absolute atomic E-state index is 13.0. The number of benzene rings is 2. The quantitative estimate of drug-likeness (QED) is 0.878. The lowest BCUT2D eigenvalue weighted by molar-refractivity contribution is 0.0947. The highest BCUT2D eigenvalue weighted by molar-refractivity contribution is 9.10. The van der Waals surface area contributed by atoms with Crippen molar-refractivity contribution in [3.63, 3.8) is 0 Å². The SMILES string of the molecule is O=C(NCC1CCN(c2ccc(F)cc2)C1)c1ccccc1Br. The Morgan fingerprint density at radius 2 is 1.96 bits per heavy atom. The van der Waals surface area contributed by atoms with E-state index in [9.17, 15) is 9.18 Å². The third kappa shape index (κ3) is 3.91. The summed E-state index contributed by atoms with van der Waals surface area (Å²) in [5.74, 6) is 0.134. The normalized spacial score (nSPS) is 17.3. The van der Waals surface area contributed by atoms with E-state index >= 15 is 0 Å². The van der Waals surface area contributed by atoms with Crippen molar-refractivity contribution in [2.75, 3.05) is 24.5 Å². The van der Waals surface area contributed by atoms with Crippen LogP contribution < -0.4 is 10.2 Å². The van der Waals surface area contributed by atoms with Gasteiger partial charge in [0.05, 0.1) is 5.56 Å². The van der Waals surface area contributed by atoms with Crippen LogP contribution >= 0.6 is 15.9 Å². The van der Waals surface area contributed by atoms with Crippen LogP contribution in [0.25, 0.3) is 0 Å². The summed E-state index contributed by atoms with van der Waals surface area (Å²) in [5.41, 5.74) is 1.69. The van der Waals surface area contributed by atoms with Gasteiger partial charge in [0.15, 0.2) is 0 Å². The van der Waals surface area contributed by atoms with Gasteiger partial charge in [0.25, 0.3) is 5.91 Å². The van der Waals surface area contributed by atoms with Crippen LogP contribution in [0.4, 0.5) is 10.1 Å². The van der Waals surface area contributed by atoms with Gasteiger partial charge in [-0.25, -0.2) is 4.39 Å². The molecule has 3 rings (SSSR count). The molecule has 1 heterocycles. The summed E-state index contributed by atoms with van der Waals surface area (Å²) in [6.07, 6.45) is 1.02. The molecule has 0 spiro atoms. The molecule has 120 valence electrons. The summed E-state index contributed by atoms with van der Waals surface area (Å²) in [6, 6.07) is 14.0. The third-order valence-corrected chi connectivity index (χ3v) is 4.84. The summed E-state index contributed by atoms with van der Waals surface area (Å²) >= 11 is 3.40. The van der Waals surface area contributed by atoms with E-state index in [1.807, 2.05) is 18.2 Å². The first-order valence-electron chi connectivity index (χ1n) is 7.67. The van der Waals surface area contributed by atoms with Crippen LogP contribution in [0.5, 0.6) is 0 Å². The first-order chi connectivity index (χ1) is 11.1. The highest BCUT2D eigenvalue weighted by Gasteiger charge is 2.23. The van der Waals surface area contributed by atoms with Crippen LogP contribution in [0.1, 0.15) is 16.8 Å². The Hall–Kier alpha value is -1.88. The molecule has 1 aliphatic rings. The minimum atomic E-state index is -0.217. The van der Waals surface area contributed by atoms with Crippen molar-refractivity contribution in [1.29, 1.82) is 0 Å². The van der Waals surface area contributed by atoms with Gasteiger partial charge in [0.1, 0.15) is 5.82 Å². The van der Waals surface area contributed by atoms with Crippen molar-refractivity contribution in [3.8, 4) is 0 Å². The van der Waals surface area contributed by atoms with Crippen LogP contribution in [-0.4, -0.2) is 25.5 Å². The van der Waals surface area contributed by atoms with Crippen molar-refractivity contribution < 1.29 is 9.18 Å². The van der Waals surface area contributed by atoms with Crippen LogP contribution in [0, 0.1) is 11.7 Å². The lowest BCUT2D eigenvalue weighted by atomic mass is 10.1. The fraction of sp³-hybridized carbons (Fsp3) is 0.278. The molecule has 5 heteroatoms.